The summed E-state index contributed by atoms with van der Waals surface area (Å²) in [7, 11) is 0. The zero-order valence-electron chi connectivity index (χ0n) is 62.0. The summed E-state index contributed by atoms with van der Waals surface area (Å²) in [5.74, 6) is 8.30. The molecule has 0 saturated carbocycles. The molecule has 0 bridgehead atoms. The molecule has 8 N–H and O–H groups in total. The Bertz CT molecular complexity index is 3500. The minimum Gasteiger partial charge on any atom is -0.351 e. The Morgan fingerprint density at radius 3 is 1.09 bits per heavy atom. The first-order valence-electron chi connectivity index (χ1n) is 37.2. The number of unbranched alkanes of at least 4 members (excludes halogenated alkanes) is 22. The van der Waals surface area contributed by atoms with E-state index in [0.29, 0.717) is 0 Å². The van der Waals surface area contributed by atoms with E-state index in [0.717, 1.165) is 101 Å². The molecule has 12 rings (SSSR count). The fraction of sp³-hybridized carbons (Fsp3) is 0.451. The molecule has 0 radical (unpaired) electrons. The highest BCUT2D eigenvalue weighted by molar-refractivity contribution is 5.55. The van der Waals surface area contributed by atoms with E-state index >= 15 is 0 Å². The molecule has 0 aliphatic heterocycles. The summed E-state index contributed by atoms with van der Waals surface area (Å²) in [6.07, 6.45) is 68.9. The second-order valence-electron chi connectivity index (χ2n) is 24.7. The average Bonchev–Trinajstić information content (AvgIpc) is 1.74. The summed E-state index contributed by atoms with van der Waals surface area (Å²) < 4.78 is 2.13. The first-order chi connectivity index (χ1) is 49.2. The van der Waals surface area contributed by atoms with Crippen LogP contribution in [0, 0.1) is 27.7 Å². The van der Waals surface area contributed by atoms with Gasteiger partial charge in [-0.2, -0.15) is 0 Å². The van der Waals surface area contributed by atoms with Crippen LogP contribution in [-0.4, -0.2) is 89.3 Å². The molecular weight excluding hydrogens is 1240 g/mol. The van der Waals surface area contributed by atoms with E-state index in [4.69, 9.17) is 0 Å². The molecule has 0 saturated heterocycles. The summed E-state index contributed by atoms with van der Waals surface area (Å²) >= 11 is 0. The van der Waals surface area contributed by atoms with E-state index in [2.05, 4.69) is 141 Å². The average molecular weight is 1360 g/mol. The molecule has 3 aromatic carbocycles. The zero-order valence-corrected chi connectivity index (χ0v) is 62.0. The van der Waals surface area contributed by atoms with Gasteiger partial charge in [0.15, 0.2) is 0 Å². The van der Waals surface area contributed by atoms with Crippen LogP contribution in [0.25, 0.3) is 22.8 Å². The van der Waals surface area contributed by atoms with Crippen LogP contribution >= 0.6 is 0 Å². The lowest BCUT2D eigenvalue weighted by Crippen LogP contribution is -1.99. The molecule has 0 unspecified atom stereocenters. The monoisotopic (exact) mass is 1360 g/mol. The molecule has 9 heterocycles. The molecule has 0 amide bonds. The lowest BCUT2D eigenvalue weighted by atomic mass is 10.0. The molecule has 12 aromatic rings. The van der Waals surface area contributed by atoms with E-state index in [1.54, 1.807) is 43.5 Å². The highest BCUT2D eigenvalue weighted by Gasteiger charge is 2.02. The van der Waals surface area contributed by atoms with Crippen molar-refractivity contribution >= 4 is 0 Å². The minimum absolute atomic E-state index is 0.909. The molecule has 18 heteroatoms. The maximum Gasteiger partial charge on any atom is 0.137 e. The largest absolute Gasteiger partial charge is 0.351 e. The fourth-order valence-electron chi connectivity index (χ4n) is 10.4. The fourth-order valence-corrected chi connectivity index (χ4v) is 10.4. The lowest BCUT2D eigenvalue weighted by Gasteiger charge is -2.03. The van der Waals surface area contributed by atoms with E-state index in [-0.39, 0.29) is 0 Å². The van der Waals surface area contributed by atoms with Gasteiger partial charge in [-0.1, -0.05) is 260 Å². The number of aromatic nitrogens is 18. The van der Waals surface area contributed by atoms with Crippen LogP contribution in [0.1, 0.15) is 234 Å². The number of nitrogens with one attached hydrogen (secondary N) is 8. The molecule has 0 spiro atoms. The first kappa shape index (κ1) is 83.0. The normalized spacial score (nSPS) is 10.2. The van der Waals surface area contributed by atoms with Gasteiger partial charge in [-0.05, 0) is 46.1 Å². The SMILES string of the molecule is CCCCCCCCCCCCCCCCCc1ncc[nH]1.CCCCCCCCCCCc1ncc[nH]1.CCc1ncc(C)[nH]1.CCc1ncc[nH]1.Cc1cnc(-c2ccccc2)[nH]1.Cc1ncc[nH]1.Cc1nccn1Cc1ccccc1.c1c[nH]cn1.c1ccc(-c2ncc[nH]2)cc1. The van der Waals surface area contributed by atoms with Crippen molar-refractivity contribution in [2.24, 2.45) is 0 Å². The Morgan fingerprint density at radius 2 is 0.770 bits per heavy atom. The van der Waals surface area contributed by atoms with Gasteiger partial charge in [-0.25, -0.2) is 44.9 Å². The van der Waals surface area contributed by atoms with Gasteiger partial charge in [0.05, 0.1) is 6.33 Å². The summed E-state index contributed by atoms with van der Waals surface area (Å²) in [5.41, 5.74) is 5.79. The number of benzene rings is 3. The van der Waals surface area contributed by atoms with Crippen molar-refractivity contribution in [1.29, 1.82) is 0 Å². The van der Waals surface area contributed by atoms with Gasteiger partial charge in [0.25, 0.3) is 0 Å². The molecule has 18 nitrogen and oxygen atoms in total. The molecule has 0 aliphatic rings. The van der Waals surface area contributed by atoms with Crippen molar-refractivity contribution in [3.8, 4) is 22.8 Å². The second-order valence-corrected chi connectivity index (χ2v) is 24.7. The molecule has 0 atom stereocenters. The predicted molar refractivity (Wildman–Crippen MR) is 415 cm³/mol. The van der Waals surface area contributed by atoms with Crippen LogP contribution in [0.5, 0.6) is 0 Å². The van der Waals surface area contributed by atoms with E-state index in [9.17, 15) is 0 Å². The van der Waals surface area contributed by atoms with E-state index < -0.39 is 0 Å². The smallest absolute Gasteiger partial charge is 0.137 e. The Morgan fingerprint density at radius 1 is 0.340 bits per heavy atom. The predicted octanol–water partition coefficient (Wildman–Crippen LogP) is 21.4. The Labute approximate surface area is 599 Å². The van der Waals surface area contributed by atoms with Crippen LogP contribution in [0.15, 0.2) is 196 Å². The number of hydrogen-bond acceptors (Lipinski definition) is 9. The zero-order chi connectivity index (χ0) is 71.2. The number of rotatable bonds is 32. The third kappa shape index (κ3) is 42.4. The van der Waals surface area contributed by atoms with Gasteiger partial charge in [-0.15, -0.1) is 0 Å². The molecule has 0 fully saturated rings. The number of hydrogen-bond donors (Lipinski definition) is 8. The standard InChI is InChI=1S/C20H38N2.C14H26N2.C11H12N2.C10H10N2.C9H8N2.C6H10N2.C5H8N2.C4H6N2.C3H4N2/c1-2-3-4-5-6-7-8-9-10-11-12-13-14-15-16-17-20-21-18-19-22-20;1-2-3-4-5-6-7-8-9-10-11-14-15-12-13-16-14;1-10-12-7-8-13(10)9-11-5-3-2-4-6-11;1-8-7-11-10(12-8)9-5-3-2-4-6-9;1-2-4-8(5-3-1)9-10-6-7-11-9;1-3-6-7-4-5(2)8-6;1-2-5-6-3-4-7-5;1-4-5-2-3-6-4;1-2-5-3-4-1/h18-19H,2-17H2,1H3,(H,21,22);12-13H,2-11H2,1H3,(H,15,16);2-8H,9H2,1H3;2-7H,1H3,(H,11,12);1-7H,(H,10,11);4H,3H2,1-2H3,(H,7,8);3-4H,2H2,1H3,(H,6,7);2-3H,1H3,(H,5,6);1-3H,(H,4,5). The second kappa shape index (κ2) is 57.5. The van der Waals surface area contributed by atoms with Crippen LogP contribution in [-0.2, 0) is 32.2 Å². The van der Waals surface area contributed by atoms with Crippen molar-refractivity contribution in [2.45, 2.75) is 242 Å². The van der Waals surface area contributed by atoms with Crippen molar-refractivity contribution in [3.63, 3.8) is 0 Å². The lowest BCUT2D eigenvalue weighted by molar-refractivity contribution is 0.531. The van der Waals surface area contributed by atoms with Crippen LogP contribution in [0.2, 0.25) is 0 Å². The third-order valence-electron chi connectivity index (χ3n) is 16.1. The molecule has 100 heavy (non-hydrogen) atoms. The third-order valence-corrected chi connectivity index (χ3v) is 16.1. The summed E-state index contributed by atoms with van der Waals surface area (Å²) in [5, 5.41) is 0. The number of imidazole rings is 9. The highest BCUT2D eigenvalue weighted by atomic mass is 15.0. The number of aryl methyl sites for hydroxylation is 8. The van der Waals surface area contributed by atoms with Gasteiger partial charge in [0, 0.05) is 154 Å². The molecule has 0 aliphatic carbocycles. The van der Waals surface area contributed by atoms with Crippen LogP contribution in [0.4, 0.5) is 0 Å². The van der Waals surface area contributed by atoms with Gasteiger partial charge in [0.1, 0.15) is 46.6 Å². The van der Waals surface area contributed by atoms with Gasteiger partial charge < -0.3 is 44.4 Å². The summed E-state index contributed by atoms with van der Waals surface area (Å²) in [6, 6.07) is 30.5. The van der Waals surface area contributed by atoms with E-state index in [1.807, 2.05) is 156 Å². The highest BCUT2D eigenvalue weighted by Crippen LogP contribution is 2.17. The number of aromatic amines is 8. The molecular formula is C82H122N18. The number of nitrogens with zero attached hydrogens (tertiary/aromatic N) is 10. The number of H-pyrrole nitrogens is 8. The van der Waals surface area contributed by atoms with Crippen LogP contribution in [0.3, 0.4) is 0 Å². The van der Waals surface area contributed by atoms with Crippen molar-refractivity contribution < 1.29 is 0 Å². The summed E-state index contributed by atoms with van der Waals surface area (Å²) in [4.78, 5) is 60.9. The maximum atomic E-state index is 4.26. The Balaban J connectivity index is 0.000000246. The maximum absolute atomic E-state index is 4.26. The minimum atomic E-state index is 0.909. The molecule has 9 aromatic heterocycles. The van der Waals surface area contributed by atoms with E-state index in [1.165, 1.54) is 160 Å². The van der Waals surface area contributed by atoms with Crippen molar-refractivity contribution in [2.75, 3.05) is 0 Å². The topological polar surface area (TPSA) is 247 Å². The quantitative estimate of drug-likeness (QED) is 0.0187. The summed E-state index contributed by atoms with van der Waals surface area (Å²) in [6.45, 7) is 17.6. The first-order valence-corrected chi connectivity index (χ1v) is 37.2. The van der Waals surface area contributed by atoms with Gasteiger partial charge in [-0.3, -0.25) is 0 Å². The Hall–Kier alpha value is -9.45. The van der Waals surface area contributed by atoms with Crippen molar-refractivity contribution in [3.05, 3.63) is 248 Å². The Kier molecular flexibility index (Phi) is 47.7. The molecule has 540 valence electrons. The van der Waals surface area contributed by atoms with Crippen molar-refractivity contribution in [1.82, 2.24) is 89.3 Å². The van der Waals surface area contributed by atoms with Crippen LogP contribution < -0.4 is 0 Å². The van der Waals surface area contributed by atoms with Gasteiger partial charge >= 0.3 is 0 Å². The van der Waals surface area contributed by atoms with Gasteiger partial charge in [0.2, 0.25) is 0 Å².